The van der Waals surface area contributed by atoms with Crippen LogP contribution >= 0.6 is 15.9 Å². The van der Waals surface area contributed by atoms with Crippen molar-refractivity contribution in [2.45, 2.75) is 51.5 Å². The molecule has 0 spiro atoms. The van der Waals surface area contributed by atoms with Crippen LogP contribution in [0.5, 0.6) is 11.5 Å². The summed E-state index contributed by atoms with van der Waals surface area (Å²) in [5.41, 5.74) is 3.76. The van der Waals surface area contributed by atoms with Gasteiger partial charge in [0, 0.05) is 33.1 Å². The molecule has 46 heavy (non-hydrogen) atoms. The van der Waals surface area contributed by atoms with Crippen LogP contribution in [0.2, 0.25) is 0 Å². The zero-order valence-electron chi connectivity index (χ0n) is 25.5. The predicted octanol–water partition coefficient (Wildman–Crippen LogP) is 8.76. The van der Waals surface area contributed by atoms with Crippen molar-refractivity contribution in [2.24, 2.45) is 0 Å². The van der Waals surface area contributed by atoms with Gasteiger partial charge in [0.2, 0.25) is 0 Å². The normalized spacial score (nSPS) is 13.0. The lowest BCUT2D eigenvalue weighted by Gasteiger charge is -2.16. The first kappa shape index (κ1) is 31.0. The largest absolute Gasteiger partial charge is 0.455 e. The van der Waals surface area contributed by atoms with Gasteiger partial charge in [0.25, 0.3) is 5.91 Å². The van der Waals surface area contributed by atoms with E-state index in [1.165, 1.54) is 6.33 Å². The number of fused-ring (bicyclic) bond motifs is 1. The number of carbonyl (C=O) groups excluding carboxylic acids is 2. The molecule has 3 amide bonds. The first-order chi connectivity index (χ1) is 22.3. The van der Waals surface area contributed by atoms with Crippen LogP contribution in [-0.4, -0.2) is 32.9 Å². The molecule has 3 aromatic carbocycles. The molecule has 2 heterocycles. The fraction of sp³-hybridized carbons (Fsp3) is 0.229. The van der Waals surface area contributed by atoms with Crippen molar-refractivity contribution in [3.63, 3.8) is 0 Å². The Bertz CT molecular complexity index is 1860. The van der Waals surface area contributed by atoms with E-state index in [1.54, 1.807) is 42.5 Å². The lowest BCUT2D eigenvalue weighted by molar-refractivity contribution is 0.102. The Morgan fingerprint density at radius 2 is 1.59 bits per heavy atom. The number of ether oxygens (including phenoxy) is 1. The number of hydrogen-bond donors (Lipinski definition) is 4. The highest BCUT2D eigenvalue weighted by molar-refractivity contribution is 9.10. The summed E-state index contributed by atoms with van der Waals surface area (Å²) in [6, 6.07) is 23.6. The molecule has 1 aliphatic rings. The topological polar surface area (TPSA) is 130 Å². The summed E-state index contributed by atoms with van der Waals surface area (Å²) in [6.45, 7) is 4.16. The Morgan fingerprint density at radius 3 is 2.33 bits per heavy atom. The number of carbonyl (C=O) groups is 2. The zero-order chi connectivity index (χ0) is 32.0. The van der Waals surface area contributed by atoms with Crippen LogP contribution in [0, 0.1) is 0 Å². The van der Waals surface area contributed by atoms with E-state index in [0.29, 0.717) is 45.6 Å². The molecule has 1 fully saturated rings. The average Bonchev–Trinajstić information content (AvgIpc) is 3.56. The van der Waals surface area contributed by atoms with Crippen molar-refractivity contribution in [3.8, 4) is 11.5 Å². The van der Waals surface area contributed by atoms with Crippen molar-refractivity contribution >= 4 is 61.8 Å². The number of nitrogens with one attached hydrogen (secondary N) is 4. The van der Waals surface area contributed by atoms with Crippen molar-refractivity contribution < 1.29 is 14.3 Å². The van der Waals surface area contributed by atoms with E-state index in [4.69, 9.17) is 9.72 Å². The molecule has 5 aromatic rings. The molecule has 0 saturated heterocycles. The predicted molar refractivity (Wildman–Crippen MR) is 184 cm³/mol. The highest BCUT2D eigenvalue weighted by atomic mass is 79.9. The third-order valence-electron chi connectivity index (χ3n) is 7.74. The number of pyridine rings is 1. The molecule has 1 saturated carbocycles. The number of hydrogen-bond acceptors (Lipinski definition) is 7. The van der Waals surface area contributed by atoms with Gasteiger partial charge in [0.1, 0.15) is 17.9 Å². The fourth-order valence-electron chi connectivity index (χ4n) is 5.26. The SMILES string of the molecule is CC(C)c1ccc2c(Nc3cc(C(=O)Nc4ccc(Br)cc4)ccc3Oc3ccc(NC(=O)NC4CCCC4)cc3)ncnc2n1. The van der Waals surface area contributed by atoms with Gasteiger partial charge in [-0.2, -0.15) is 0 Å². The highest BCUT2D eigenvalue weighted by Gasteiger charge is 2.18. The summed E-state index contributed by atoms with van der Waals surface area (Å²) in [4.78, 5) is 39.2. The molecule has 6 rings (SSSR count). The van der Waals surface area contributed by atoms with Crippen LogP contribution in [0.1, 0.15) is 61.5 Å². The molecule has 1 aliphatic carbocycles. The maximum Gasteiger partial charge on any atom is 0.319 e. The Hall–Kier alpha value is -5.03. The summed E-state index contributed by atoms with van der Waals surface area (Å²) in [5.74, 6) is 1.51. The van der Waals surface area contributed by atoms with Crippen LogP contribution < -0.4 is 26.0 Å². The summed E-state index contributed by atoms with van der Waals surface area (Å²) >= 11 is 3.42. The standard InChI is InChI=1S/C35H34BrN7O3/c1-21(2)29-17-16-28-32(42-29)37-20-38-33(28)43-30-19-22(34(44)39-25-10-8-23(36)9-11-25)7-18-31(30)46-27-14-12-26(13-15-27)41-35(45)40-24-5-3-4-6-24/h7-21,24H,3-6H2,1-2H3,(H,39,44)(H2,40,41,45)(H,37,38,42,43). The number of amides is 3. The molecule has 234 valence electrons. The molecule has 0 bridgehead atoms. The van der Waals surface area contributed by atoms with Gasteiger partial charge < -0.3 is 26.0 Å². The molecule has 4 N–H and O–H groups in total. The van der Waals surface area contributed by atoms with E-state index in [2.05, 4.69) is 61.0 Å². The maximum atomic E-state index is 13.3. The first-order valence-electron chi connectivity index (χ1n) is 15.3. The molecule has 11 heteroatoms. The van der Waals surface area contributed by atoms with Crippen molar-refractivity contribution in [1.29, 1.82) is 0 Å². The molecule has 0 radical (unpaired) electrons. The molecule has 10 nitrogen and oxygen atoms in total. The summed E-state index contributed by atoms with van der Waals surface area (Å²) in [6.07, 6.45) is 5.78. The van der Waals surface area contributed by atoms with Gasteiger partial charge in [-0.1, -0.05) is 42.6 Å². The third-order valence-corrected chi connectivity index (χ3v) is 8.27. The number of halogens is 1. The Kier molecular flexibility index (Phi) is 9.39. The van der Waals surface area contributed by atoms with Crippen LogP contribution in [0.4, 0.5) is 27.7 Å². The van der Waals surface area contributed by atoms with Crippen LogP contribution in [0.25, 0.3) is 11.0 Å². The van der Waals surface area contributed by atoms with E-state index in [-0.39, 0.29) is 23.9 Å². The number of anilines is 4. The minimum Gasteiger partial charge on any atom is -0.455 e. The van der Waals surface area contributed by atoms with Gasteiger partial charge in [-0.15, -0.1) is 0 Å². The maximum absolute atomic E-state index is 13.3. The second-order valence-electron chi connectivity index (χ2n) is 11.5. The van der Waals surface area contributed by atoms with Gasteiger partial charge in [0.15, 0.2) is 11.4 Å². The Labute approximate surface area is 275 Å². The molecule has 0 atom stereocenters. The quantitative estimate of drug-likeness (QED) is 0.122. The van der Waals surface area contributed by atoms with Gasteiger partial charge in [-0.05, 0) is 97.6 Å². The second kappa shape index (κ2) is 13.9. The van der Waals surface area contributed by atoms with E-state index >= 15 is 0 Å². The Balaban J connectivity index is 1.26. The van der Waals surface area contributed by atoms with Crippen LogP contribution in [0.15, 0.2) is 89.7 Å². The minimum atomic E-state index is -0.279. The van der Waals surface area contributed by atoms with Gasteiger partial charge >= 0.3 is 6.03 Å². The molecule has 0 unspecified atom stereocenters. The lowest BCUT2D eigenvalue weighted by atomic mass is 10.1. The summed E-state index contributed by atoms with van der Waals surface area (Å²) < 4.78 is 7.21. The Morgan fingerprint density at radius 1 is 0.870 bits per heavy atom. The monoisotopic (exact) mass is 679 g/mol. The van der Waals surface area contributed by atoms with Gasteiger partial charge in [-0.25, -0.2) is 19.7 Å². The highest BCUT2D eigenvalue weighted by Crippen LogP contribution is 2.35. The number of urea groups is 1. The molecular weight excluding hydrogens is 646 g/mol. The number of rotatable bonds is 9. The lowest BCUT2D eigenvalue weighted by Crippen LogP contribution is -2.36. The summed E-state index contributed by atoms with van der Waals surface area (Å²) in [5, 5.41) is 12.9. The van der Waals surface area contributed by atoms with Crippen LogP contribution in [-0.2, 0) is 0 Å². The molecule has 0 aliphatic heterocycles. The number of benzene rings is 3. The fourth-order valence-corrected chi connectivity index (χ4v) is 5.52. The van der Waals surface area contributed by atoms with E-state index < -0.39 is 0 Å². The average molecular weight is 681 g/mol. The second-order valence-corrected chi connectivity index (χ2v) is 12.4. The zero-order valence-corrected chi connectivity index (χ0v) is 27.1. The third kappa shape index (κ3) is 7.60. The van der Waals surface area contributed by atoms with E-state index in [9.17, 15) is 9.59 Å². The van der Waals surface area contributed by atoms with Crippen molar-refractivity contribution in [3.05, 3.63) is 101 Å². The minimum absolute atomic E-state index is 0.212. The van der Waals surface area contributed by atoms with Crippen molar-refractivity contribution in [2.75, 3.05) is 16.0 Å². The molecule has 2 aromatic heterocycles. The summed E-state index contributed by atoms with van der Waals surface area (Å²) in [7, 11) is 0. The van der Waals surface area contributed by atoms with E-state index in [1.807, 2.05) is 36.4 Å². The number of aromatic nitrogens is 3. The van der Waals surface area contributed by atoms with Crippen LogP contribution in [0.3, 0.4) is 0 Å². The van der Waals surface area contributed by atoms with Gasteiger partial charge in [0.05, 0.1) is 11.1 Å². The first-order valence-corrected chi connectivity index (χ1v) is 16.0. The molecular formula is C35H34BrN7O3. The smallest absolute Gasteiger partial charge is 0.319 e. The van der Waals surface area contributed by atoms with E-state index in [0.717, 1.165) is 41.2 Å². The van der Waals surface area contributed by atoms with Gasteiger partial charge in [-0.3, -0.25) is 4.79 Å². The number of nitrogens with zero attached hydrogens (tertiary/aromatic N) is 3. The van der Waals surface area contributed by atoms with Crippen molar-refractivity contribution in [1.82, 2.24) is 20.3 Å².